The molecule has 0 aromatic carbocycles. The Labute approximate surface area is 298 Å². The predicted molar refractivity (Wildman–Crippen MR) is 181 cm³/mol. The normalized spacial score (nSPS) is 13.2. The van der Waals surface area contributed by atoms with Crippen molar-refractivity contribution < 1.29 is 52.3 Å². The molecule has 1 saturated carbocycles. The third kappa shape index (κ3) is 19.3. The molecular weight excluding hydrogens is 693 g/mol. The molecule has 0 unspecified atom stereocenters. The van der Waals surface area contributed by atoms with Gasteiger partial charge in [0.25, 0.3) is 0 Å². The lowest BCUT2D eigenvalue weighted by molar-refractivity contribution is -0.701. The summed E-state index contributed by atoms with van der Waals surface area (Å²) < 4.78 is 18.7. The number of ether oxygens (including phenoxy) is 3. The molecule has 0 radical (unpaired) electrons. The highest BCUT2D eigenvalue weighted by Gasteiger charge is 2.23. The van der Waals surface area contributed by atoms with E-state index in [4.69, 9.17) is 14.2 Å². The topological polar surface area (TPSA) is 72.2 Å². The number of halogens is 1. The molecule has 9 heteroatoms. The van der Waals surface area contributed by atoms with Gasteiger partial charge in [0, 0.05) is 31.8 Å². The van der Waals surface area contributed by atoms with E-state index in [2.05, 4.69) is 30.7 Å². The number of nitrogens with zero attached hydrogens (tertiary/aromatic N) is 3. The van der Waals surface area contributed by atoms with Crippen LogP contribution in [0.3, 0.4) is 0 Å². The van der Waals surface area contributed by atoms with Gasteiger partial charge in [-0.15, -0.1) is 0 Å². The van der Waals surface area contributed by atoms with Crippen molar-refractivity contribution in [3.05, 3.63) is 30.1 Å². The van der Waals surface area contributed by atoms with Crippen LogP contribution in [0.5, 0.6) is 0 Å². The molecule has 2 rings (SSSR count). The van der Waals surface area contributed by atoms with Crippen LogP contribution in [0.15, 0.2) is 24.4 Å². The van der Waals surface area contributed by atoms with Gasteiger partial charge in [0.15, 0.2) is 6.20 Å². The van der Waals surface area contributed by atoms with E-state index in [9.17, 15) is 9.59 Å². The quantitative estimate of drug-likeness (QED) is 0.0713. The van der Waals surface area contributed by atoms with Crippen LogP contribution in [0.4, 0.5) is 9.59 Å². The van der Waals surface area contributed by atoms with E-state index >= 15 is 0 Å². The molecule has 1 aliphatic carbocycles. The van der Waals surface area contributed by atoms with Crippen LogP contribution >= 0.6 is 0 Å². The molecule has 0 bridgehead atoms. The average molecular weight is 760 g/mol. The van der Waals surface area contributed by atoms with Gasteiger partial charge in [0.05, 0.1) is 13.2 Å². The van der Waals surface area contributed by atoms with Crippen LogP contribution in [-0.2, 0) is 27.3 Å². The van der Waals surface area contributed by atoms with Crippen LogP contribution in [0.25, 0.3) is 0 Å². The van der Waals surface area contributed by atoms with E-state index in [-0.39, 0.29) is 68.6 Å². The fourth-order valence-electron chi connectivity index (χ4n) is 6.18. The third-order valence-electron chi connectivity index (χ3n) is 9.08. The number of hydrogen-bond acceptors (Lipinski definition) is 5. The zero-order chi connectivity index (χ0) is 32.4. The van der Waals surface area contributed by atoms with Gasteiger partial charge in [0.2, 0.25) is 5.69 Å². The maximum Gasteiger partial charge on any atom is 0.410 e. The van der Waals surface area contributed by atoms with E-state index in [1.807, 2.05) is 24.1 Å². The summed E-state index contributed by atoms with van der Waals surface area (Å²) in [5, 5.41) is 0. The summed E-state index contributed by atoms with van der Waals surface area (Å²) in [6, 6.07) is 6.39. The zero-order valence-corrected chi connectivity index (χ0v) is 31.7. The number of carbonyl (C=O) groups excluding carboxylic acids is 2. The van der Waals surface area contributed by atoms with Crippen LogP contribution in [0.2, 0.25) is 0 Å². The van der Waals surface area contributed by atoms with Gasteiger partial charge >= 0.3 is 12.2 Å². The maximum absolute atomic E-state index is 13.1. The van der Waals surface area contributed by atoms with Crippen LogP contribution in [-0.4, -0.2) is 68.0 Å². The van der Waals surface area contributed by atoms with E-state index in [0.717, 1.165) is 37.9 Å². The second kappa shape index (κ2) is 28.4. The van der Waals surface area contributed by atoms with Crippen molar-refractivity contribution >= 4 is 12.2 Å². The van der Waals surface area contributed by atoms with Crippen molar-refractivity contribution in [1.82, 2.24) is 9.80 Å². The van der Waals surface area contributed by atoms with Crippen LogP contribution in [0.1, 0.15) is 142 Å². The number of aromatic nitrogens is 1. The zero-order valence-electron chi connectivity index (χ0n) is 29.5. The highest BCUT2D eigenvalue weighted by molar-refractivity contribution is 5.68. The van der Waals surface area contributed by atoms with Crippen LogP contribution < -0.4 is 28.5 Å². The predicted octanol–water partition coefficient (Wildman–Crippen LogP) is 5.84. The van der Waals surface area contributed by atoms with Crippen molar-refractivity contribution in [1.29, 1.82) is 0 Å². The van der Waals surface area contributed by atoms with Crippen molar-refractivity contribution in [2.75, 3.05) is 40.0 Å². The molecule has 0 saturated heterocycles. The molecule has 266 valence electrons. The van der Waals surface area contributed by atoms with Crippen molar-refractivity contribution in [2.45, 2.75) is 155 Å². The first kappa shape index (κ1) is 42.4. The van der Waals surface area contributed by atoms with Gasteiger partial charge in [-0.3, -0.25) is 4.90 Å². The summed E-state index contributed by atoms with van der Waals surface area (Å²) >= 11 is 0. The van der Waals surface area contributed by atoms with Gasteiger partial charge in [-0.1, -0.05) is 116 Å². The van der Waals surface area contributed by atoms with E-state index < -0.39 is 0 Å². The fourth-order valence-corrected chi connectivity index (χ4v) is 6.18. The maximum atomic E-state index is 13.1. The van der Waals surface area contributed by atoms with E-state index in [0.29, 0.717) is 13.1 Å². The lowest BCUT2D eigenvalue weighted by Crippen LogP contribution is -3.00. The summed E-state index contributed by atoms with van der Waals surface area (Å²) in [4.78, 5) is 28.9. The molecule has 0 N–H and O–H groups in total. The molecule has 2 amide bonds. The first-order valence-electron chi connectivity index (χ1n) is 18.4. The molecule has 1 aliphatic rings. The van der Waals surface area contributed by atoms with Crippen molar-refractivity contribution in [2.24, 2.45) is 0 Å². The van der Waals surface area contributed by atoms with Crippen molar-refractivity contribution in [3.63, 3.8) is 0 Å². The number of hydrogen-bond donors (Lipinski definition) is 0. The fraction of sp³-hybridized carbons (Fsp3) is 0.811. The minimum Gasteiger partial charge on any atom is -1.00 e. The Morgan fingerprint density at radius 1 is 0.739 bits per heavy atom. The number of aryl methyl sites for hydroxylation is 1. The lowest BCUT2D eigenvalue weighted by atomic mass is 9.95. The number of unbranched alkanes of at least 4 members (excludes halogenated alkanes) is 13. The van der Waals surface area contributed by atoms with Gasteiger partial charge in [-0.25, -0.2) is 14.2 Å². The summed E-state index contributed by atoms with van der Waals surface area (Å²) in [6.07, 6.45) is 25.5. The number of pyridine rings is 1. The number of carbonyl (C=O) groups is 2. The second-order valence-electron chi connectivity index (χ2n) is 12.7. The van der Waals surface area contributed by atoms with Gasteiger partial charge in [-0.2, -0.15) is 0 Å². The molecule has 8 nitrogen and oxygen atoms in total. The minimum atomic E-state index is -0.305. The minimum absolute atomic E-state index is 0. The summed E-state index contributed by atoms with van der Waals surface area (Å²) in [6.45, 7) is 7.37. The molecule has 1 heterocycles. The first-order chi connectivity index (χ1) is 22.1. The van der Waals surface area contributed by atoms with Gasteiger partial charge < -0.3 is 43.1 Å². The van der Waals surface area contributed by atoms with Gasteiger partial charge in [-0.05, 0) is 26.2 Å². The Bertz CT molecular complexity index is 900. The molecule has 0 spiro atoms. The van der Waals surface area contributed by atoms with Crippen LogP contribution in [0, 0.1) is 0 Å². The molecular formula is C37H66IN3O5. The molecule has 0 aliphatic heterocycles. The average Bonchev–Trinajstić information content (AvgIpc) is 3.07. The highest BCUT2D eigenvalue weighted by atomic mass is 127. The van der Waals surface area contributed by atoms with E-state index in [1.54, 1.807) is 4.90 Å². The Kier molecular flexibility index (Phi) is 26.2. The Hall–Kier alpha value is -1.62. The molecule has 46 heavy (non-hydrogen) atoms. The van der Waals surface area contributed by atoms with E-state index in [1.165, 1.54) is 96.3 Å². The van der Waals surface area contributed by atoms with Gasteiger partial charge in [0.1, 0.15) is 26.3 Å². The molecule has 0 atom stereocenters. The lowest BCUT2D eigenvalue weighted by Gasteiger charge is -2.30. The smallest absolute Gasteiger partial charge is 0.410 e. The highest BCUT2D eigenvalue weighted by Crippen LogP contribution is 2.22. The first-order valence-corrected chi connectivity index (χ1v) is 18.4. The second-order valence-corrected chi connectivity index (χ2v) is 12.7. The number of rotatable bonds is 25. The SMILES string of the molecule is CCCCCCCCCCCCCCCCN(Cc1cccc[n+]1CC)C(=O)OCCOCCOC(=O)N(C)C1CCCCC1.[I-]. The summed E-state index contributed by atoms with van der Waals surface area (Å²) in [5.41, 5.74) is 1.10. The number of amides is 2. The third-order valence-corrected chi connectivity index (χ3v) is 9.08. The monoisotopic (exact) mass is 759 g/mol. The Balaban J connectivity index is 0.0000106. The molecule has 1 aromatic heterocycles. The summed E-state index contributed by atoms with van der Waals surface area (Å²) in [5.74, 6) is 0. The Morgan fingerprint density at radius 3 is 1.85 bits per heavy atom. The standard InChI is InChI=1S/C37H66N3O5.HI/c1-4-6-7-8-9-10-11-12-13-14-15-16-17-22-28-40(33-35-26-21-23-27-39(35)5-2)37(42)45-32-30-43-29-31-44-36(41)38(3)34-24-19-18-20-25-34;/h21,23,26-27,34H,4-20,22,24-25,28-33H2,1-3H3;1H/q+1;/p-1. The van der Waals surface area contributed by atoms with Crippen molar-refractivity contribution in [3.8, 4) is 0 Å². The largest absolute Gasteiger partial charge is 1.00 e. The molecule has 1 fully saturated rings. The summed E-state index contributed by atoms with van der Waals surface area (Å²) in [7, 11) is 1.82. The molecule has 1 aromatic rings. The Morgan fingerprint density at radius 2 is 1.28 bits per heavy atom.